The highest BCUT2D eigenvalue weighted by Crippen LogP contribution is 2.23. The maximum absolute atomic E-state index is 12.4. The average molecular weight is 495 g/mol. The summed E-state index contributed by atoms with van der Waals surface area (Å²) < 4.78 is 31.2. The Bertz CT molecular complexity index is 1060. The standard InChI is InChI=1S/C24H31ClN2O5S/c1-5-13-33(30,31)27-22(28)16-21(26-23(29)32-24(2,3)4)14-17-9-11-18(12-10-17)19-7-6-8-20(25)15-19/h6-12,15,21H,5,13-14,16H2,1-4H3,(H,26,29)(H,27,28)/t21-/m1/s1. The van der Waals surface area contributed by atoms with Crippen LogP contribution >= 0.6 is 11.6 Å². The Morgan fingerprint density at radius 1 is 1.06 bits per heavy atom. The van der Waals surface area contributed by atoms with Crippen molar-refractivity contribution in [2.24, 2.45) is 0 Å². The van der Waals surface area contributed by atoms with Crippen LogP contribution in [0.15, 0.2) is 48.5 Å². The molecule has 0 fully saturated rings. The minimum absolute atomic E-state index is 0.145. The Morgan fingerprint density at radius 3 is 2.30 bits per heavy atom. The molecule has 7 nitrogen and oxygen atoms in total. The van der Waals surface area contributed by atoms with E-state index in [-0.39, 0.29) is 12.2 Å². The first-order valence-electron chi connectivity index (χ1n) is 10.7. The maximum atomic E-state index is 12.4. The second-order valence-electron chi connectivity index (χ2n) is 8.80. The van der Waals surface area contributed by atoms with Gasteiger partial charge in [-0.2, -0.15) is 0 Å². The molecule has 33 heavy (non-hydrogen) atoms. The van der Waals surface area contributed by atoms with Crippen molar-refractivity contribution in [1.29, 1.82) is 0 Å². The fraction of sp³-hybridized carbons (Fsp3) is 0.417. The zero-order valence-electron chi connectivity index (χ0n) is 19.4. The molecule has 0 saturated heterocycles. The summed E-state index contributed by atoms with van der Waals surface area (Å²) >= 11 is 6.07. The van der Waals surface area contributed by atoms with Gasteiger partial charge in [-0.1, -0.05) is 54.9 Å². The van der Waals surface area contributed by atoms with Crippen molar-refractivity contribution in [2.45, 2.75) is 58.6 Å². The van der Waals surface area contributed by atoms with Crippen LogP contribution in [0.4, 0.5) is 4.79 Å². The predicted octanol–water partition coefficient (Wildman–Crippen LogP) is 4.69. The Kier molecular flexibility index (Phi) is 9.31. The molecular formula is C24H31ClN2O5S. The van der Waals surface area contributed by atoms with Crippen LogP contribution in [-0.4, -0.2) is 37.8 Å². The molecule has 0 spiro atoms. The van der Waals surface area contributed by atoms with Crippen LogP contribution in [0.3, 0.4) is 0 Å². The van der Waals surface area contributed by atoms with E-state index in [4.69, 9.17) is 16.3 Å². The highest BCUT2D eigenvalue weighted by Gasteiger charge is 2.23. The molecule has 2 rings (SSSR count). The molecule has 9 heteroatoms. The van der Waals surface area contributed by atoms with Crippen LogP contribution in [-0.2, 0) is 26.0 Å². The first-order chi connectivity index (χ1) is 15.4. The van der Waals surface area contributed by atoms with Crippen LogP contribution in [0.25, 0.3) is 11.1 Å². The molecular weight excluding hydrogens is 464 g/mol. The number of alkyl carbamates (subject to hydrolysis) is 1. The molecule has 2 N–H and O–H groups in total. The Balaban J connectivity index is 2.15. The summed E-state index contributed by atoms with van der Waals surface area (Å²) in [5, 5.41) is 3.33. The van der Waals surface area contributed by atoms with Crippen LogP contribution in [0.1, 0.15) is 46.1 Å². The summed E-state index contributed by atoms with van der Waals surface area (Å²) in [7, 11) is -3.70. The summed E-state index contributed by atoms with van der Waals surface area (Å²) in [6.45, 7) is 6.92. The van der Waals surface area contributed by atoms with Gasteiger partial charge in [0.15, 0.2) is 0 Å². The van der Waals surface area contributed by atoms with Gasteiger partial charge in [-0.3, -0.25) is 9.52 Å². The van der Waals surface area contributed by atoms with Gasteiger partial charge in [0.05, 0.1) is 5.75 Å². The molecule has 0 aliphatic carbocycles. The largest absolute Gasteiger partial charge is 0.444 e. The van der Waals surface area contributed by atoms with Crippen LogP contribution in [0.2, 0.25) is 5.02 Å². The monoisotopic (exact) mass is 494 g/mol. The zero-order chi connectivity index (χ0) is 24.6. The van der Waals surface area contributed by atoms with E-state index in [0.717, 1.165) is 16.7 Å². The molecule has 0 radical (unpaired) electrons. The van der Waals surface area contributed by atoms with Gasteiger partial charge in [-0.05, 0) is 62.4 Å². The van der Waals surface area contributed by atoms with Gasteiger partial charge in [0.1, 0.15) is 5.60 Å². The number of hydrogen-bond donors (Lipinski definition) is 2. The molecule has 180 valence electrons. The van der Waals surface area contributed by atoms with E-state index < -0.39 is 33.7 Å². The number of halogens is 1. The van der Waals surface area contributed by atoms with E-state index in [9.17, 15) is 18.0 Å². The van der Waals surface area contributed by atoms with Gasteiger partial charge < -0.3 is 10.1 Å². The fourth-order valence-electron chi connectivity index (χ4n) is 3.19. The van der Waals surface area contributed by atoms with Crippen molar-refractivity contribution >= 4 is 33.6 Å². The van der Waals surface area contributed by atoms with Crippen LogP contribution in [0, 0.1) is 0 Å². The first-order valence-corrected chi connectivity index (χ1v) is 12.8. The number of benzene rings is 2. The number of nitrogens with one attached hydrogen (secondary N) is 2. The van der Waals surface area contributed by atoms with Crippen molar-refractivity contribution in [3.63, 3.8) is 0 Å². The summed E-state index contributed by atoms with van der Waals surface area (Å²) in [6.07, 6.45) is -0.178. The second kappa shape index (κ2) is 11.5. The van der Waals surface area contributed by atoms with E-state index >= 15 is 0 Å². The molecule has 2 amide bonds. The molecule has 0 aliphatic rings. The maximum Gasteiger partial charge on any atom is 0.407 e. The molecule has 0 heterocycles. The summed E-state index contributed by atoms with van der Waals surface area (Å²) in [5.41, 5.74) is 2.10. The molecule has 2 aromatic carbocycles. The van der Waals surface area contributed by atoms with Gasteiger partial charge in [-0.25, -0.2) is 13.2 Å². The van der Waals surface area contributed by atoms with Gasteiger partial charge >= 0.3 is 6.09 Å². The van der Waals surface area contributed by atoms with Crippen molar-refractivity contribution in [3.05, 3.63) is 59.1 Å². The Labute approximate surface area is 200 Å². The lowest BCUT2D eigenvalue weighted by Gasteiger charge is -2.23. The minimum Gasteiger partial charge on any atom is -0.444 e. The Morgan fingerprint density at radius 2 is 1.73 bits per heavy atom. The lowest BCUT2D eigenvalue weighted by Crippen LogP contribution is -2.44. The van der Waals surface area contributed by atoms with Crippen LogP contribution < -0.4 is 10.0 Å². The first kappa shape index (κ1) is 26.7. The van der Waals surface area contributed by atoms with E-state index in [2.05, 4.69) is 10.0 Å². The predicted molar refractivity (Wildman–Crippen MR) is 131 cm³/mol. The Hall–Kier alpha value is -2.58. The van der Waals surface area contributed by atoms with Crippen molar-refractivity contribution in [3.8, 4) is 11.1 Å². The smallest absolute Gasteiger partial charge is 0.407 e. The number of hydrogen-bond acceptors (Lipinski definition) is 5. The van der Waals surface area contributed by atoms with Crippen molar-refractivity contribution < 1.29 is 22.7 Å². The number of carbonyl (C=O) groups is 2. The molecule has 0 unspecified atom stereocenters. The second-order valence-corrected chi connectivity index (χ2v) is 11.1. The lowest BCUT2D eigenvalue weighted by molar-refractivity contribution is -0.119. The third-order valence-electron chi connectivity index (χ3n) is 4.49. The third-order valence-corrected chi connectivity index (χ3v) is 6.21. The number of carbonyl (C=O) groups excluding carboxylic acids is 2. The molecule has 1 atom stereocenters. The van der Waals surface area contributed by atoms with E-state index in [1.54, 1.807) is 33.8 Å². The zero-order valence-corrected chi connectivity index (χ0v) is 20.9. The van der Waals surface area contributed by atoms with Crippen LogP contribution in [0.5, 0.6) is 0 Å². The number of sulfonamides is 1. The highest BCUT2D eigenvalue weighted by atomic mass is 35.5. The number of rotatable bonds is 9. The normalized spacial score (nSPS) is 12.6. The van der Waals surface area contributed by atoms with Gasteiger partial charge in [0, 0.05) is 17.5 Å². The number of ether oxygens (including phenoxy) is 1. The topological polar surface area (TPSA) is 102 Å². The quantitative estimate of drug-likeness (QED) is 0.526. The number of amides is 2. The highest BCUT2D eigenvalue weighted by molar-refractivity contribution is 7.90. The van der Waals surface area contributed by atoms with E-state index in [0.29, 0.717) is 17.9 Å². The molecule has 0 aromatic heterocycles. The molecule has 0 bridgehead atoms. The third kappa shape index (κ3) is 9.84. The average Bonchev–Trinajstić information content (AvgIpc) is 2.66. The van der Waals surface area contributed by atoms with E-state index in [1.165, 1.54) is 0 Å². The summed E-state index contributed by atoms with van der Waals surface area (Å²) in [5.74, 6) is -0.825. The molecule has 0 aliphatic heterocycles. The van der Waals surface area contributed by atoms with Crippen molar-refractivity contribution in [2.75, 3.05) is 5.75 Å². The summed E-state index contributed by atoms with van der Waals surface area (Å²) in [6, 6.07) is 14.5. The van der Waals surface area contributed by atoms with Gasteiger partial charge in [0.2, 0.25) is 15.9 Å². The molecule has 2 aromatic rings. The SMILES string of the molecule is CCCS(=O)(=O)NC(=O)C[C@@H](Cc1ccc(-c2cccc(Cl)c2)cc1)NC(=O)OC(C)(C)C. The van der Waals surface area contributed by atoms with E-state index in [1.807, 2.05) is 42.5 Å². The minimum atomic E-state index is -3.70. The van der Waals surface area contributed by atoms with Gasteiger partial charge in [0.25, 0.3) is 0 Å². The molecule has 0 saturated carbocycles. The van der Waals surface area contributed by atoms with Crippen molar-refractivity contribution in [1.82, 2.24) is 10.0 Å². The summed E-state index contributed by atoms with van der Waals surface area (Å²) in [4.78, 5) is 24.7. The fourth-order valence-corrected chi connectivity index (χ4v) is 4.45. The van der Waals surface area contributed by atoms with Gasteiger partial charge in [-0.15, -0.1) is 0 Å². The lowest BCUT2D eigenvalue weighted by atomic mass is 9.99.